The Morgan fingerprint density at radius 2 is 1.80 bits per heavy atom. The smallest absolute Gasteiger partial charge is 0.227 e. The van der Waals surface area contributed by atoms with E-state index >= 15 is 0 Å². The Bertz CT molecular complexity index is 783. The zero-order valence-corrected chi connectivity index (χ0v) is 12.4. The Labute approximate surface area is 125 Å². The summed E-state index contributed by atoms with van der Waals surface area (Å²) in [4.78, 5) is 12.3. The summed E-state index contributed by atoms with van der Waals surface area (Å²) in [6.45, 7) is 0.348. The number of aromatic nitrogens is 1. The van der Waals surface area contributed by atoms with Crippen molar-refractivity contribution in [1.29, 1.82) is 0 Å². The first kappa shape index (κ1) is 13.0. The number of halogens is 1. The molecule has 98 valence electrons. The van der Waals surface area contributed by atoms with Crippen molar-refractivity contribution < 1.29 is 9.36 Å². The molecule has 1 heterocycles. The van der Waals surface area contributed by atoms with Crippen molar-refractivity contribution >= 4 is 32.5 Å². The molecule has 3 heteroatoms. The van der Waals surface area contributed by atoms with Crippen molar-refractivity contribution in [3.05, 3.63) is 77.0 Å². The molecule has 0 aliphatic heterocycles. The molecule has 0 N–H and O–H groups in total. The molecular formula is C17H13BrNO+. The Morgan fingerprint density at radius 1 is 1.00 bits per heavy atom. The maximum atomic E-state index is 12.3. The van der Waals surface area contributed by atoms with Crippen LogP contribution in [0.2, 0.25) is 0 Å². The van der Waals surface area contributed by atoms with E-state index in [1.165, 1.54) is 5.39 Å². The van der Waals surface area contributed by atoms with Crippen LogP contribution in [0.5, 0.6) is 0 Å². The van der Waals surface area contributed by atoms with Crippen molar-refractivity contribution in [2.45, 2.75) is 6.54 Å². The molecule has 2 aromatic carbocycles. The lowest BCUT2D eigenvalue weighted by atomic mass is 10.1. The Hall–Kier alpha value is -2.00. The molecule has 0 atom stereocenters. The Kier molecular flexibility index (Phi) is 3.61. The number of hydrogen-bond acceptors (Lipinski definition) is 1. The Morgan fingerprint density at radius 3 is 2.60 bits per heavy atom. The number of ketones is 1. The van der Waals surface area contributed by atoms with E-state index in [-0.39, 0.29) is 5.78 Å². The van der Waals surface area contributed by atoms with Crippen LogP contribution in [0.4, 0.5) is 0 Å². The van der Waals surface area contributed by atoms with Crippen LogP contribution in [0.1, 0.15) is 10.4 Å². The highest BCUT2D eigenvalue weighted by Gasteiger charge is 2.12. The lowest BCUT2D eigenvalue weighted by Gasteiger charge is -2.00. The quantitative estimate of drug-likeness (QED) is 0.530. The predicted molar refractivity (Wildman–Crippen MR) is 82.6 cm³/mol. The van der Waals surface area contributed by atoms with Crippen molar-refractivity contribution in [3.63, 3.8) is 0 Å². The van der Waals surface area contributed by atoms with Gasteiger partial charge in [-0.15, -0.1) is 0 Å². The van der Waals surface area contributed by atoms with E-state index in [4.69, 9.17) is 0 Å². The topological polar surface area (TPSA) is 20.9 Å². The fourth-order valence-electron chi connectivity index (χ4n) is 2.20. The largest absolute Gasteiger partial charge is 0.287 e. The van der Waals surface area contributed by atoms with Gasteiger partial charge in [-0.1, -0.05) is 46.3 Å². The van der Waals surface area contributed by atoms with E-state index in [0.29, 0.717) is 6.54 Å². The minimum atomic E-state index is 0.103. The molecule has 0 saturated heterocycles. The van der Waals surface area contributed by atoms with Crippen molar-refractivity contribution in [3.8, 4) is 0 Å². The van der Waals surface area contributed by atoms with Crippen LogP contribution in [0.3, 0.4) is 0 Å². The average Bonchev–Trinajstić information content (AvgIpc) is 2.47. The van der Waals surface area contributed by atoms with Crippen LogP contribution in [-0.2, 0) is 6.54 Å². The molecule has 0 radical (unpaired) electrons. The first-order valence-electron chi connectivity index (χ1n) is 6.39. The van der Waals surface area contributed by atoms with Gasteiger partial charge in [0, 0.05) is 21.5 Å². The third-order valence-corrected chi connectivity index (χ3v) is 3.71. The van der Waals surface area contributed by atoms with Gasteiger partial charge in [0.15, 0.2) is 12.4 Å². The molecule has 3 aromatic rings. The van der Waals surface area contributed by atoms with Gasteiger partial charge in [-0.25, -0.2) is 0 Å². The highest BCUT2D eigenvalue weighted by atomic mass is 79.9. The van der Waals surface area contributed by atoms with Crippen molar-refractivity contribution in [2.75, 3.05) is 0 Å². The SMILES string of the molecule is O=C(C[n+]1ccc2ccccc2c1)c1cccc(Br)c1. The van der Waals surface area contributed by atoms with Gasteiger partial charge in [-0.2, -0.15) is 4.57 Å². The predicted octanol–water partition coefficient (Wildman–Crippen LogP) is 3.77. The number of carbonyl (C=O) groups is 1. The van der Waals surface area contributed by atoms with Crippen molar-refractivity contribution in [1.82, 2.24) is 0 Å². The zero-order chi connectivity index (χ0) is 13.9. The second-order valence-electron chi connectivity index (χ2n) is 4.68. The number of benzene rings is 2. The van der Waals surface area contributed by atoms with Gasteiger partial charge in [0.2, 0.25) is 12.3 Å². The van der Waals surface area contributed by atoms with E-state index in [9.17, 15) is 4.79 Å². The first-order valence-corrected chi connectivity index (χ1v) is 7.18. The van der Waals surface area contributed by atoms with Gasteiger partial charge in [-0.3, -0.25) is 4.79 Å². The Balaban J connectivity index is 1.87. The minimum Gasteiger partial charge on any atom is -0.287 e. The summed E-state index contributed by atoms with van der Waals surface area (Å²) < 4.78 is 2.85. The lowest BCUT2D eigenvalue weighted by molar-refractivity contribution is -0.681. The van der Waals surface area contributed by atoms with E-state index in [1.54, 1.807) is 0 Å². The molecule has 0 unspecified atom stereocenters. The summed E-state index contributed by atoms with van der Waals surface area (Å²) >= 11 is 3.39. The molecule has 0 aliphatic carbocycles. The number of carbonyl (C=O) groups excluding carboxylic acids is 1. The van der Waals surface area contributed by atoms with Crippen LogP contribution in [0.25, 0.3) is 10.8 Å². The van der Waals surface area contributed by atoms with E-state index < -0.39 is 0 Å². The van der Waals surface area contributed by atoms with Crippen LogP contribution >= 0.6 is 15.9 Å². The van der Waals surface area contributed by atoms with Gasteiger partial charge in [-0.05, 0) is 23.6 Å². The van der Waals surface area contributed by atoms with Gasteiger partial charge in [0.1, 0.15) is 0 Å². The zero-order valence-electron chi connectivity index (χ0n) is 10.8. The van der Waals surface area contributed by atoms with Crippen LogP contribution in [-0.4, -0.2) is 5.78 Å². The molecule has 0 amide bonds. The number of rotatable bonds is 3. The monoisotopic (exact) mass is 326 g/mol. The fourth-order valence-corrected chi connectivity index (χ4v) is 2.59. The highest BCUT2D eigenvalue weighted by molar-refractivity contribution is 9.10. The van der Waals surface area contributed by atoms with Gasteiger partial charge in [0.25, 0.3) is 0 Å². The van der Waals surface area contributed by atoms with E-state index in [0.717, 1.165) is 15.4 Å². The third-order valence-electron chi connectivity index (χ3n) is 3.22. The summed E-state index contributed by atoms with van der Waals surface area (Å²) in [6, 6.07) is 17.7. The number of nitrogens with zero attached hydrogens (tertiary/aromatic N) is 1. The normalized spacial score (nSPS) is 10.7. The summed E-state index contributed by atoms with van der Waals surface area (Å²) in [5.74, 6) is 0.103. The molecule has 0 spiro atoms. The molecule has 0 saturated carbocycles. The van der Waals surface area contributed by atoms with Crippen LogP contribution < -0.4 is 4.57 Å². The molecule has 2 nitrogen and oxygen atoms in total. The number of pyridine rings is 1. The minimum absolute atomic E-state index is 0.103. The van der Waals surface area contributed by atoms with Gasteiger partial charge in [0.05, 0.1) is 0 Å². The summed E-state index contributed by atoms with van der Waals surface area (Å²) in [6.07, 6.45) is 3.95. The fraction of sp³-hybridized carbons (Fsp3) is 0.0588. The lowest BCUT2D eigenvalue weighted by Crippen LogP contribution is -2.37. The molecule has 0 fully saturated rings. The van der Waals surface area contributed by atoms with Crippen LogP contribution in [0.15, 0.2) is 71.5 Å². The van der Waals surface area contributed by atoms with E-state index in [1.807, 2.05) is 59.4 Å². The summed E-state index contributed by atoms with van der Waals surface area (Å²) in [5, 5.41) is 2.32. The highest BCUT2D eigenvalue weighted by Crippen LogP contribution is 2.13. The number of Topliss-reactive ketones (excluding diaryl/α,β-unsaturated/α-hetero) is 1. The molecule has 3 rings (SSSR count). The number of fused-ring (bicyclic) bond motifs is 1. The second-order valence-corrected chi connectivity index (χ2v) is 5.60. The van der Waals surface area contributed by atoms with Gasteiger partial charge < -0.3 is 0 Å². The standard InChI is InChI=1S/C17H13BrNO/c18-16-7-3-6-14(10-16)17(20)12-19-9-8-13-4-1-2-5-15(13)11-19/h1-11H,12H2/q+1. The molecule has 0 bridgehead atoms. The second kappa shape index (κ2) is 5.55. The van der Waals surface area contributed by atoms with Crippen LogP contribution in [0, 0.1) is 0 Å². The molecule has 20 heavy (non-hydrogen) atoms. The molecule has 0 aliphatic rings. The summed E-state index contributed by atoms with van der Waals surface area (Å²) in [5.41, 5.74) is 0.722. The van der Waals surface area contributed by atoms with E-state index in [2.05, 4.69) is 28.1 Å². The molecule has 1 aromatic heterocycles. The van der Waals surface area contributed by atoms with Gasteiger partial charge >= 0.3 is 0 Å². The number of hydrogen-bond donors (Lipinski definition) is 0. The average molecular weight is 327 g/mol. The maximum absolute atomic E-state index is 12.3. The first-order chi connectivity index (χ1) is 9.72. The molecular weight excluding hydrogens is 314 g/mol. The summed E-state index contributed by atoms with van der Waals surface area (Å²) in [7, 11) is 0. The third kappa shape index (κ3) is 2.78. The maximum Gasteiger partial charge on any atom is 0.227 e. The van der Waals surface area contributed by atoms with Crippen molar-refractivity contribution in [2.24, 2.45) is 0 Å².